The molecule has 0 unspecified atom stereocenters. The molecule has 2 heterocycles. The Bertz CT molecular complexity index is 395. The molecular formula is C13H22N4O. The van der Waals surface area contributed by atoms with E-state index in [9.17, 15) is 4.79 Å². The minimum absolute atomic E-state index is 0.0660. The lowest BCUT2D eigenvalue weighted by molar-refractivity contribution is 0.0626. The molecule has 0 spiro atoms. The van der Waals surface area contributed by atoms with E-state index in [1.54, 1.807) is 10.8 Å². The molecule has 18 heavy (non-hydrogen) atoms. The summed E-state index contributed by atoms with van der Waals surface area (Å²) < 4.78 is 1.80. The largest absolute Gasteiger partial charge is 0.333 e. The van der Waals surface area contributed by atoms with Gasteiger partial charge in [-0.15, -0.1) is 0 Å². The number of nitrogens with zero attached hydrogens (tertiary/aromatic N) is 3. The van der Waals surface area contributed by atoms with Crippen LogP contribution in [0, 0.1) is 0 Å². The molecule has 0 saturated carbocycles. The summed E-state index contributed by atoms with van der Waals surface area (Å²) in [5, 5.41) is 3.34. The zero-order chi connectivity index (χ0) is 13.0. The first-order valence-electron chi connectivity index (χ1n) is 6.73. The van der Waals surface area contributed by atoms with Crippen LogP contribution in [0.2, 0.25) is 0 Å². The summed E-state index contributed by atoms with van der Waals surface area (Å²) in [5.41, 5.74) is 0. The Morgan fingerprint density at radius 3 is 2.83 bits per heavy atom. The fourth-order valence-electron chi connectivity index (χ4n) is 2.51. The third-order valence-electron chi connectivity index (χ3n) is 3.49. The molecule has 5 nitrogen and oxygen atoms in total. The molecule has 0 aromatic carbocycles. The number of aryl methyl sites for hydroxylation is 1. The van der Waals surface area contributed by atoms with Crippen LogP contribution in [0.5, 0.6) is 0 Å². The molecule has 2 rings (SSSR count). The van der Waals surface area contributed by atoms with Gasteiger partial charge in [-0.05, 0) is 32.4 Å². The van der Waals surface area contributed by atoms with Gasteiger partial charge in [0.05, 0.1) is 0 Å². The van der Waals surface area contributed by atoms with E-state index in [1.165, 1.54) is 0 Å². The number of rotatable bonds is 4. The molecule has 1 N–H and O–H groups in total. The lowest BCUT2D eigenvalue weighted by Crippen LogP contribution is -2.47. The Labute approximate surface area is 108 Å². The summed E-state index contributed by atoms with van der Waals surface area (Å²) in [6, 6.07) is 0.357. The van der Waals surface area contributed by atoms with Crippen molar-refractivity contribution in [1.29, 1.82) is 0 Å². The Balaban J connectivity index is 2.13. The van der Waals surface area contributed by atoms with Gasteiger partial charge in [0.2, 0.25) is 0 Å². The summed E-state index contributed by atoms with van der Waals surface area (Å²) in [4.78, 5) is 18.7. The highest BCUT2D eigenvalue weighted by atomic mass is 16.2. The number of piperidine rings is 1. The average Bonchev–Trinajstić information content (AvgIpc) is 2.82. The Morgan fingerprint density at radius 2 is 2.28 bits per heavy atom. The molecule has 1 fully saturated rings. The van der Waals surface area contributed by atoms with E-state index in [-0.39, 0.29) is 5.91 Å². The van der Waals surface area contributed by atoms with Crippen LogP contribution in [-0.2, 0) is 7.05 Å². The molecule has 0 aliphatic carbocycles. The molecule has 1 amide bonds. The van der Waals surface area contributed by atoms with Gasteiger partial charge in [0.1, 0.15) is 0 Å². The maximum atomic E-state index is 12.5. The molecule has 1 aliphatic heterocycles. The van der Waals surface area contributed by atoms with E-state index < -0.39 is 0 Å². The fourth-order valence-corrected chi connectivity index (χ4v) is 2.51. The second-order valence-corrected chi connectivity index (χ2v) is 4.84. The normalized spacial score (nSPS) is 16.8. The molecular weight excluding hydrogens is 228 g/mol. The number of hydrogen-bond donors (Lipinski definition) is 1. The molecule has 0 atom stereocenters. The average molecular weight is 250 g/mol. The lowest BCUT2D eigenvalue weighted by Gasteiger charge is -2.34. The maximum Gasteiger partial charge on any atom is 0.290 e. The van der Waals surface area contributed by atoms with E-state index in [1.807, 2.05) is 18.1 Å². The van der Waals surface area contributed by atoms with E-state index in [4.69, 9.17) is 0 Å². The predicted molar refractivity (Wildman–Crippen MR) is 70.4 cm³/mol. The highest BCUT2D eigenvalue weighted by molar-refractivity contribution is 5.91. The van der Waals surface area contributed by atoms with Crippen LogP contribution >= 0.6 is 0 Å². The summed E-state index contributed by atoms with van der Waals surface area (Å²) >= 11 is 0. The van der Waals surface area contributed by atoms with E-state index in [2.05, 4.69) is 17.2 Å². The van der Waals surface area contributed by atoms with Crippen LogP contribution in [-0.4, -0.2) is 46.0 Å². The summed E-state index contributed by atoms with van der Waals surface area (Å²) in [6.07, 6.45) is 6.56. The van der Waals surface area contributed by atoms with Crippen molar-refractivity contribution in [2.24, 2.45) is 7.05 Å². The minimum Gasteiger partial charge on any atom is -0.333 e. The van der Waals surface area contributed by atoms with Crippen LogP contribution < -0.4 is 5.32 Å². The molecule has 1 aliphatic rings. The quantitative estimate of drug-likeness (QED) is 0.868. The third-order valence-corrected chi connectivity index (χ3v) is 3.49. The standard InChI is InChI=1S/C13H22N4O/c1-3-9-17(11-4-6-14-7-5-11)13(18)12-15-8-10-16(12)2/h8,10-11,14H,3-7,9H2,1-2H3. The third kappa shape index (κ3) is 2.72. The van der Waals surface area contributed by atoms with Crippen LogP contribution in [0.3, 0.4) is 0 Å². The Morgan fingerprint density at radius 1 is 1.56 bits per heavy atom. The van der Waals surface area contributed by atoms with Crippen molar-refractivity contribution in [2.75, 3.05) is 19.6 Å². The smallest absolute Gasteiger partial charge is 0.290 e. The van der Waals surface area contributed by atoms with Crippen molar-refractivity contribution < 1.29 is 4.79 Å². The van der Waals surface area contributed by atoms with Crippen LogP contribution in [0.1, 0.15) is 36.8 Å². The van der Waals surface area contributed by atoms with Gasteiger partial charge in [0, 0.05) is 32.0 Å². The van der Waals surface area contributed by atoms with E-state index in [0.29, 0.717) is 11.9 Å². The monoisotopic (exact) mass is 250 g/mol. The van der Waals surface area contributed by atoms with Crippen LogP contribution in [0.15, 0.2) is 12.4 Å². The number of aromatic nitrogens is 2. The summed E-state index contributed by atoms with van der Waals surface area (Å²) in [5.74, 6) is 0.609. The number of nitrogens with one attached hydrogen (secondary N) is 1. The SMILES string of the molecule is CCCN(C(=O)c1nccn1C)C1CCNCC1. The molecule has 5 heteroatoms. The van der Waals surface area contributed by atoms with Crippen molar-refractivity contribution in [1.82, 2.24) is 19.8 Å². The number of carbonyl (C=O) groups is 1. The van der Waals surface area contributed by atoms with Gasteiger partial charge in [-0.25, -0.2) is 4.98 Å². The second kappa shape index (κ2) is 6.00. The highest BCUT2D eigenvalue weighted by Gasteiger charge is 2.27. The summed E-state index contributed by atoms with van der Waals surface area (Å²) in [6.45, 7) is 4.92. The van der Waals surface area contributed by atoms with Gasteiger partial charge in [0.25, 0.3) is 5.91 Å². The zero-order valence-corrected chi connectivity index (χ0v) is 11.2. The van der Waals surface area contributed by atoms with Gasteiger partial charge in [0.15, 0.2) is 5.82 Å². The maximum absolute atomic E-state index is 12.5. The minimum atomic E-state index is 0.0660. The second-order valence-electron chi connectivity index (χ2n) is 4.84. The summed E-state index contributed by atoms with van der Waals surface area (Å²) in [7, 11) is 1.87. The van der Waals surface area contributed by atoms with Gasteiger partial charge < -0.3 is 14.8 Å². The molecule has 0 radical (unpaired) electrons. The topological polar surface area (TPSA) is 50.2 Å². The van der Waals surface area contributed by atoms with Gasteiger partial charge in [-0.3, -0.25) is 4.79 Å². The Hall–Kier alpha value is -1.36. The first-order chi connectivity index (χ1) is 8.74. The first kappa shape index (κ1) is 13.1. The van der Waals surface area contributed by atoms with Gasteiger partial charge in [-0.2, -0.15) is 0 Å². The molecule has 1 aromatic rings. The number of imidazole rings is 1. The van der Waals surface area contributed by atoms with Crippen molar-refractivity contribution in [2.45, 2.75) is 32.2 Å². The van der Waals surface area contributed by atoms with Gasteiger partial charge >= 0.3 is 0 Å². The molecule has 1 aromatic heterocycles. The van der Waals surface area contributed by atoms with Crippen molar-refractivity contribution in [3.05, 3.63) is 18.2 Å². The zero-order valence-electron chi connectivity index (χ0n) is 11.2. The van der Waals surface area contributed by atoms with Crippen LogP contribution in [0.25, 0.3) is 0 Å². The number of hydrogen-bond acceptors (Lipinski definition) is 3. The van der Waals surface area contributed by atoms with Gasteiger partial charge in [-0.1, -0.05) is 6.92 Å². The molecule has 0 bridgehead atoms. The molecule has 1 saturated heterocycles. The predicted octanol–water partition coefficient (Wildman–Crippen LogP) is 1.02. The van der Waals surface area contributed by atoms with E-state index >= 15 is 0 Å². The number of amides is 1. The lowest BCUT2D eigenvalue weighted by atomic mass is 10.0. The fraction of sp³-hybridized carbons (Fsp3) is 0.692. The molecule has 100 valence electrons. The van der Waals surface area contributed by atoms with E-state index in [0.717, 1.165) is 38.9 Å². The number of carbonyl (C=O) groups excluding carboxylic acids is 1. The Kier molecular flexibility index (Phi) is 4.36. The van der Waals surface area contributed by atoms with Crippen molar-refractivity contribution >= 4 is 5.91 Å². The highest BCUT2D eigenvalue weighted by Crippen LogP contribution is 2.15. The van der Waals surface area contributed by atoms with Crippen LogP contribution in [0.4, 0.5) is 0 Å². The van der Waals surface area contributed by atoms with Crippen molar-refractivity contribution in [3.63, 3.8) is 0 Å². The first-order valence-corrected chi connectivity index (χ1v) is 6.73. The van der Waals surface area contributed by atoms with Crippen molar-refractivity contribution in [3.8, 4) is 0 Å².